The summed E-state index contributed by atoms with van der Waals surface area (Å²) in [7, 11) is 0. The van der Waals surface area contributed by atoms with Gasteiger partial charge in [0, 0.05) is 4.58 Å². The molecule has 1 rings (SSSR count). The number of thiol groups is 1. The Morgan fingerprint density at radius 3 is 2.90 bits per heavy atom. The van der Waals surface area contributed by atoms with E-state index in [9.17, 15) is 0 Å². The molecule has 0 fully saturated rings. The lowest BCUT2D eigenvalue weighted by Gasteiger charge is -2.23. The Labute approximate surface area is 76.6 Å². The molecule has 0 aromatic carbocycles. The molecule has 0 saturated carbocycles. The summed E-state index contributed by atoms with van der Waals surface area (Å²) in [5.74, 6) is 0. The Kier molecular flexibility index (Phi) is 3.07. The van der Waals surface area contributed by atoms with E-state index in [4.69, 9.17) is 0 Å². The third-order valence-corrected chi connectivity index (χ3v) is 4.22. The standard InChI is InChI=1S/C7H12S3/c1-6(8)10-7(2)4-3-5-9-7/h3,5-6,8H,4H2,1-2H3. The third-order valence-electron chi connectivity index (χ3n) is 1.32. The van der Waals surface area contributed by atoms with Crippen molar-refractivity contribution < 1.29 is 0 Å². The van der Waals surface area contributed by atoms with Crippen LogP contribution in [0.2, 0.25) is 0 Å². The molecule has 1 aliphatic heterocycles. The van der Waals surface area contributed by atoms with Crippen molar-refractivity contribution in [1.29, 1.82) is 0 Å². The second-order valence-electron chi connectivity index (χ2n) is 2.54. The van der Waals surface area contributed by atoms with Gasteiger partial charge in [-0.1, -0.05) is 6.08 Å². The SMILES string of the molecule is CC(S)SC1(C)CC=CS1. The summed E-state index contributed by atoms with van der Waals surface area (Å²) in [5.41, 5.74) is 0. The smallest absolute Gasteiger partial charge is 0.0669 e. The van der Waals surface area contributed by atoms with E-state index in [-0.39, 0.29) is 0 Å². The van der Waals surface area contributed by atoms with E-state index in [1.807, 2.05) is 23.5 Å². The molecular formula is C7H12S3. The number of rotatable bonds is 2. The molecule has 0 spiro atoms. The third kappa shape index (κ3) is 2.44. The van der Waals surface area contributed by atoms with Gasteiger partial charge in [0.2, 0.25) is 0 Å². The minimum atomic E-state index is 0.362. The van der Waals surface area contributed by atoms with Gasteiger partial charge in [-0.2, -0.15) is 12.6 Å². The van der Waals surface area contributed by atoms with Crippen molar-refractivity contribution in [1.82, 2.24) is 0 Å². The fraction of sp³-hybridized carbons (Fsp3) is 0.714. The normalized spacial score (nSPS) is 34.7. The highest BCUT2D eigenvalue weighted by molar-refractivity contribution is 8.23. The summed E-state index contributed by atoms with van der Waals surface area (Å²) in [5, 5.41) is 2.18. The monoisotopic (exact) mass is 192 g/mol. The van der Waals surface area contributed by atoms with Crippen LogP contribution in [0.25, 0.3) is 0 Å². The van der Waals surface area contributed by atoms with E-state index >= 15 is 0 Å². The van der Waals surface area contributed by atoms with Crippen LogP contribution in [-0.4, -0.2) is 8.66 Å². The molecular weight excluding hydrogens is 180 g/mol. The van der Waals surface area contributed by atoms with E-state index in [0.717, 1.165) is 0 Å². The molecule has 2 unspecified atom stereocenters. The van der Waals surface area contributed by atoms with Crippen LogP contribution in [0, 0.1) is 0 Å². The first-order chi connectivity index (χ1) is 4.62. The van der Waals surface area contributed by atoms with Crippen LogP contribution in [0.5, 0.6) is 0 Å². The van der Waals surface area contributed by atoms with Crippen LogP contribution in [-0.2, 0) is 0 Å². The second kappa shape index (κ2) is 3.46. The molecule has 0 radical (unpaired) electrons. The molecule has 58 valence electrons. The second-order valence-corrected chi connectivity index (χ2v) is 7.18. The Morgan fingerprint density at radius 2 is 2.50 bits per heavy atom. The number of hydrogen-bond acceptors (Lipinski definition) is 3. The Morgan fingerprint density at radius 1 is 1.80 bits per heavy atom. The van der Waals surface area contributed by atoms with Gasteiger partial charge < -0.3 is 0 Å². The summed E-state index contributed by atoms with van der Waals surface area (Å²) >= 11 is 8.18. The van der Waals surface area contributed by atoms with Crippen molar-refractivity contribution in [3.63, 3.8) is 0 Å². The Bertz CT molecular complexity index is 132. The maximum absolute atomic E-state index is 4.35. The minimum Gasteiger partial charge on any atom is -0.165 e. The van der Waals surface area contributed by atoms with Crippen molar-refractivity contribution in [3.05, 3.63) is 11.5 Å². The van der Waals surface area contributed by atoms with Gasteiger partial charge in [-0.15, -0.1) is 23.5 Å². The van der Waals surface area contributed by atoms with Gasteiger partial charge in [0.05, 0.1) is 4.08 Å². The highest BCUT2D eigenvalue weighted by Crippen LogP contribution is 2.47. The first-order valence-corrected chi connectivity index (χ1v) is 5.59. The van der Waals surface area contributed by atoms with E-state index in [2.05, 4.69) is 38.0 Å². The van der Waals surface area contributed by atoms with Crippen molar-refractivity contribution in [3.8, 4) is 0 Å². The van der Waals surface area contributed by atoms with Crippen LogP contribution in [0.15, 0.2) is 11.5 Å². The van der Waals surface area contributed by atoms with Crippen LogP contribution in [0.1, 0.15) is 20.3 Å². The summed E-state index contributed by atoms with van der Waals surface area (Å²) in [6.07, 6.45) is 3.40. The van der Waals surface area contributed by atoms with Gasteiger partial charge in [0.25, 0.3) is 0 Å². The van der Waals surface area contributed by atoms with E-state index in [1.165, 1.54) is 6.42 Å². The van der Waals surface area contributed by atoms with E-state index in [1.54, 1.807) is 0 Å². The summed E-state index contributed by atoms with van der Waals surface area (Å²) in [6, 6.07) is 0. The topological polar surface area (TPSA) is 0 Å². The van der Waals surface area contributed by atoms with Gasteiger partial charge in [0.15, 0.2) is 0 Å². The van der Waals surface area contributed by atoms with Gasteiger partial charge >= 0.3 is 0 Å². The van der Waals surface area contributed by atoms with Crippen LogP contribution in [0.3, 0.4) is 0 Å². The maximum Gasteiger partial charge on any atom is 0.0669 e. The molecule has 0 bridgehead atoms. The van der Waals surface area contributed by atoms with Crippen molar-refractivity contribution in [2.75, 3.05) is 0 Å². The minimum absolute atomic E-state index is 0.362. The van der Waals surface area contributed by atoms with Crippen molar-refractivity contribution >= 4 is 36.2 Å². The van der Waals surface area contributed by atoms with E-state index in [0.29, 0.717) is 8.66 Å². The zero-order valence-electron chi connectivity index (χ0n) is 6.20. The molecule has 0 aromatic rings. The van der Waals surface area contributed by atoms with E-state index < -0.39 is 0 Å². The fourth-order valence-corrected chi connectivity index (χ4v) is 4.26. The van der Waals surface area contributed by atoms with Gasteiger partial charge in [-0.3, -0.25) is 0 Å². The fourth-order valence-electron chi connectivity index (χ4n) is 0.939. The van der Waals surface area contributed by atoms with Gasteiger partial charge in [0.1, 0.15) is 0 Å². The molecule has 0 N–H and O–H groups in total. The number of allylic oxidation sites excluding steroid dienone is 1. The quantitative estimate of drug-likeness (QED) is 0.526. The number of thioether (sulfide) groups is 2. The Hall–Kier alpha value is 0.790. The summed E-state index contributed by atoms with van der Waals surface area (Å²) in [6.45, 7) is 4.40. The molecule has 2 atom stereocenters. The molecule has 1 aliphatic rings. The summed E-state index contributed by atoms with van der Waals surface area (Å²) in [4.78, 5) is 0. The lowest BCUT2D eigenvalue weighted by molar-refractivity contribution is 0.928. The molecule has 3 heteroatoms. The Balaban J connectivity index is 2.38. The zero-order chi connectivity index (χ0) is 7.61. The van der Waals surface area contributed by atoms with Crippen molar-refractivity contribution in [2.24, 2.45) is 0 Å². The lowest BCUT2D eigenvalue weighted by Crippen LogP contribution is -2.12. The molecule has 0 aromatic heterocycles. The van der Waals surface area contributed by atoms with Gasteiger partial charge in [-0.05, 0) is 25.7 Å². The molecule has 0 aliphatic carbocycles. The average molecular weight is 192 g/mol. The number of hydrogen-bond donors (Lipinski definition) is 1. The summed E-state index contributed by atoms with van der Waals surface area (Å²) < 4.78 is 0.804. The van der Waals surface area contributed by atoms with Crippen molar-refractivity contribution in [2.45, 2.75) is 28.9 Å². The molecule has 0 saturated heterocycles. The molecule has 0 amide bonds. The predicted octanol–water partition coefficient (Wildman–Crippen LogP) is 3.36. The van der Waals surface area contributed by atoms with Crippen LogP contribution < -0.4 is 0 Å². The molecule has 1 heterocycles. The highest BCUT2D eigenvalue weighted by Gasteiger charge is 2.27. The molecule has 0 nitrogen and oxygen atoms in total. The largest absolute Gasteiger partial charge is 0.165 e. The predicted molar refractivity (Wildman–Crippen MR) is 55.8 cm³/mol. The lowest BCUT2D eigenvalue weighted by atomic mass is 10.3. The highest BCUT2D eigenvalue weighted by atomic mass is 32.2. The van der Waals surface area contributed by atoms with Crippen LogP contribution >= 0.6 is 36.2 Å². The first kappa shape index (κ1) is 8.88. The average Bonchev–Trinajstić information content (AvgIpc) is 2.12. The maximum atomic E-state index is 4.35. The molecule has 10 heavy (non-hydrogen) atoms. The zero-order valence-corrected chi connectivity index (χ0v) is 8.73. The van der Waals surface area contributed by atoms with Gasteiger partial charge in [-0.25, -0.2) is 0 Å². The van der Waals surface area contributed by atoms with Crippen LogP contribution in [0.4, 0.5) is 0 Å². The first-order valence-electron chi connectivity index (χ1n) is 3.31.